The molecule has 2 amide bonds. The molecule has 0 aliphatic rings. The normalized spacial score (nSPS) is 10.1. The molecule has 8 heteroatoms. The van der Waals surface area contributed by atoms with Crippen molar-refractivity contribution in [2.45, 2.75) is 0 Å². The highest BCUT2D eigenvalue weighted by Gasteiger charge is 2.10. The number of amides is 2. The summed E-state index contributed by atoms with van der Waals surface area (Å²) in [5.41, 5.74) is 0.323. The second kappa shape index (κ2) is 6.06. The third-order valence-electron chi connectivity index (χ3n) is 2.08. The standard InChI is InChI=1S/C11H7Cl3N4O/c12-6-2-1-3-7(13)10(6)18-11(19)17-9-4-8(14)15-5-16-9/h1-5H,(H2,15,16,17,18,19). The van der Waals surface area contributed by atoms with E-state index in [0.717, 1.165) is 0 Å². The monoisotopic (exact) mass is 316 g/mol. The third-order valence-corrected chi connectivity index (χ3v) is 2.91. The molecule has 0 fully saturated rings. The van der Waals surface area contributed by atoms with Crippen LogP contribution in [0.2, 0.25) is 15.2 Å². The van der Waals surface area contributed by atoms with E-state index in [4.69, 9.17) is 34.8 Å². The lowest BCUT2D eigenvalue weighted by Gasteiger charge is -2.09. The lowest BCUT2D eigenvalue weighted by Crippen LogP contribution is -2.20. The molecule has 0 radical (unpaired) electrons. The Kier molecular flexibility index (Phi) is 4.42. The predicted molar refractivity (Wildman–Crippen MR) is 76.1 cm³/mol. The molecule has 98 valence electrons. The fourth-order valence-electron chi connectivity index (χ4n) is 1.28. The van der Waals surface area contributed by atoms with E-state index in [2.05, 4.69) is 20.6 Å². The van der Waals surface area contributed by atoms with Gasteiger partial charge in [-0.2, -0.15) is 0 Å². The van der Waals surface area contributed by atoms with Crippen molar-refractivity contribution in [3.8, 4) is 0 Å². The minimum absolute atomic E-state index is 0.223. The van der Waals surface area contributed by atoms with Gasteiger partial charge < -0.3 is 5.32 Å². The second-order valence-corrected chi connectivity index (χ2v) is 4.60. The Morgan fingerprint density at radius 2 is 1.74 bits per heavy atom. The van der Waals surface area contributed by atoms with Gasteiger partial charge in [-0.25, -0.2) is 14.8 Å². The van der Waals surface area contributed by atoms with Crippen molar-refractivity contribution in [3.63, 3.8) is 0 Å². The van der Waals surface area contributed by atoms with E-state index in [1.807, 2.05) is 0 Å². The number of nitrogens with zero attached hydrogens (tertiary/aromatic N) is 2. The van der Waals surface area contributed by atoms with Gasteiger partial charge in [0.05, 0.1) is 15.7 Å². The predicted octanol–water partition coefficient (Wildman–Crippen LogP) is 4.08. The lowest BCUT2D eigenvalue weighted by molar-refractivity contribution is 0.262. The number of rotatable bonds is 2. The number of halogens is 3. The molecule has 0 spiro atoms. The van der Waals surface area contributed by atoms with Crippen molar-refractivity contribution in [3.05, 3.63) is 45.8 Å². The number of carbonyl (C=O) groups excluding carboxylic acids is 1. The van der Waals surface area contributed by atoms with Crippen molar-refractivity contribution >= 4 is 52.3 Å². The van der Waals surface area contributed by atoms with Crippen LogP contribution in [0.3, 0.4) is 0 Å². The Bertz CT molecular complexity index is 600. The van der Waals surface area contributed by atoms with Crippen LogP contribution in [0.4, 0.5) is 16.3 Å². The zero-order valence-corrected chi connectivity index (χ0v) is 11.6. The average molecular weight is 318 g/mol. The van der Waals surface area contributed by atoms with Crippen LogP contribution in [0, 0.1) is 0 Å². The van der Waals surface area contributed by atoms with E-state index in [-0.39, 0.29) is 11.0 Å². The van der Waals surface area contributed by atoms with Crippen LogP contribution in [0.25, 0.3) is 0 Å². The van der Waals surface area contributed by atoms with Gasteiger partial charge in [0.25, 0.3) is 0 Å². The Labute approximate surface area is 123 Å². The van der Waals surface area contributed by atoms with Gasteiger partial charge in [0, 0.05) is 6.07 Å². The lowest BCUT2D eigenvalue weighted by atomic mass is 10.3. The van der Waals surface area contributed by atoms with Gasteiger partial charge in [-0.15, -0.1) is 0 Å². The molecule has 2 N–H and O–H groups in total. The summed E-state index contributed by atoms with van der Waals surface area (Å²) in [5.74, 6) is 0.265. The smallest absolute Gasteiger partial charge is 0.305 e. The van der Waals surface area contributed by atoms with Crippen LogP contribution in [0.15, 0.2) is 30.6 Å². The number of urea groups is 1. The number of carbonyl (C=O) groups is 1. The summed E-state index contributed by atoms with van der Waals surface area (Å²) in [4.78, 5) is 19.3. The fraction of sp³-hybridized carbons (Fsp3) is 0. The number of benzene rings is 1. The van der Waals surface area contributed by atoms with Gasteiger partial charge in [0.1, 0.15) is 17.3 Å². The number of nitrogens with one attached hydrogen (secondary N) is 2. The largest absolute Gasteiger partial charge is 0.324 e. The van der Waals surface area contributed by atoms with Crippen LogP contribution in [0.1, 0.15) is 0 Å². The first-order valence-corrected chi connectivity index (χ1v) is 6.19. The van der Waals surface area contributed by atoms with Gasteiger partial charge in [-0.05, 0) is 12.1 Å². The molecule has 0 aliphatic heterocycles. The minimum atomic E-state index is -0.537. The molecule has 0 atom stereocenters. The summed E-state index contributed by atoms with van der Waals surface area (Å²) in [7, 11) is 0. The summed E-state index contributed by atoms with van der Waals surface area (Å²) in [6, 6.07) is 5.78. The maximum absolute atomic E-state index is 11.8. The summed E-state index contributed by atoms with van der Waals surface area (Å²) < 4.78 is 0. The Hall–Kier alpha value is -1.56. The first-order chi connectivity index (χ1) is 9.06. The zero-order valence-electron chi connectivity index (χ0n) is 9.32. The zero-order chi connectivity index (χ0) is 13.8. The third kappa shape index (κ3) is 3.70. The van der Waals surface area contributed by atoms with Gasteiger partial charge in [0.15, 0.2) is 0 Å². The molecular weight excluding hydrogens is 311 g/mol. The average Bonchev–Trinajstić information content (AvgIpc) is 2.34. The molecule has 0 unspecified atom stereocenters. The van der Waals surface area contributed by atoms with Gasteiger partial charge >= 0.3 is 6.03 Å². The topological polar surface area (TPSA) is 66.9 Å². The molecule has 0 aliphatic carbocycles. The van der Waals surface area contributed by atoms with Crippen molar-refractivity contribution < 1.29 is 4.79 Å². The Balaban J connectivity index is 2.10. The van der Waals surface area contributed by atoms with Crippen LogP contribution in [-0.2, 0) is 0 Å². The van der Waals surface area contributed by atoms with E-state index < -0.39 is 6.03 Å². The summed E-state index contributed by atoms with van der Waals surface area (Å²) in [6.07, 6.45) is 1.24. The van der Waals surface area contributed by atoms with Crippen molar-refractivity contribution in [2.75, 3.05) is 10.6 Å². The number of para-hydroxylation sites is 1. The van der Waals surface area contributed by atoms with Gasteiger partial charge in [0.2, 0.25) is 0 Å². The first-order valence-electron chi connectivity index (χ1n) is 5.06. The highest BCUT2D eigenvalue weighted by Crippen LogP contribution is 2.29. The van der Waals surface area contributed by atoms with E-state index >= 15 is 0 Å². The molecule has 19 heavy (non-hydrogen) atoms. The number of hydrogen-bond acceptors (Lipinski definition) is 3. The van der Waals surface area contributed by atoms with Gasteiger partial charge in [-0.1, -0.05) is 40.9 Å². The fourth-order valence-corrected chi connectivity index (χ4v) is 1.92. The summed E-state index contributed by atoms with van der Waals surface area (Å²) in [6.45, 7) is 0. The maximum Gasteiger partial charge on any atom is 0.324 e. The van der Waals surface area contributed by atoms with Crippen LogP contribution in [0.5, 0.6) is 0 Å². The highest BCUT2D eigenvalue weighted by atomic mass is 35.5. The van der Waals surface area contributed by atoms with Crippen molar-refractivity contribution in [1.82, 2.24) is 9.97 Å². The Morgan fingerprint density at radius 3 is 2.37 bits per heavy atom. The minimum Gasteiger partial charge on any atom is -0.305 e. The SMILES string of the molecule is O=C(Nc1cc(Cl)ncn1)Nc1c(Cl)cccc1Cl. The summed E-state index contributed by atoms with van der Waals surface area (Å²) >= 11 is 17.5. The first kappa shape index (κ1) is 13.9. The van der Waals surface area contributed by atoms with Gasteiger partial charge in [-0.3, -0.25) is 5.32 Å². The molecule has 0 bridgehead atoms. The van der Waals surface area contributed by atoms with Crippen molar-refractivity contribution in [1.29, 1.82) is 0 Å². The second-order valence-electron chi connectivity index (χ2n) is 3.40. The molecule has 2 rings (SSSR count). The number of anilines is 2. The Morgan fingerprint density at radius 1 is 1.05 bits per heavy atom. The quantitative estimate of drug-likeness (QED) is 0.820. The molecule has 0 saturated heterocycles. The molecule has 5 nitrogen and oxygen atoms in total. The molecule has 2 aromatic rings. The molecule has 1 aromatic carbocycles. The molecular formula is C11H7Cl3N4O. The summed E-state index contributed by atoms with van der Waals surface area (Å²) in [5, 5.41) is 5.91. The maximum atomic E-state index is 11.8. The molecule has 1 aromatic heterocycles. The van der Waals surface area contributed by atoms with E-state index in [1.165, 1.54) is 12.4 Å². The van der Waals surface area contributed by atoms with Crippen molar-refractivity contribution in [2.24, 2.45) is 0 Å². The molecule has 0 saturated carbocycles. The van der Waals surface area contributed by atoms with E-state index in [9.17, 15) is 4.79 Å². The number of hydrogen-bond donors (Lipinski definition) is 2. The highest BCUT2D eigenvalue weighted by molar-refractivity contribution is 6.39. The van der Waals surface area contributed by atoms with Crippen LogP contribution in [-0.4, -0.2) is 16.0 Å². The van der Waals surface area contributed by atoms with E-state index in [0.29, 0.717) is 15.7 Å². The van der Waals surface area contributed by atoms with E-state index in [1.54, 1.807) is 18.2 Å². The number of aromatic nitrogens is 2. The van der Waals surface area contributed by atoms with Crippen LogP contribution >= 0.6 is 34.8 Å². The molecule has 1 heterocycles. The van der Waals surface area contributed by atoms with Crippen LogP contribution < -0.4 is 10.6 Å².